The van der Waals surface area contributed by atoms with E-state index in [1.165, 1.54) is 24.3 Å². The summed E-state index contributed by atoms with van der Waals surface area (Å²) < 4.78 is 15.9. The number of esters is 1. The molecule has 2 aliphatic rings. The molecule has 3 heterocycles. The molecule has 3 rings (SSSR count). The number of hydrogen-bond acceptors (Lipinski definition) is 6. The first-order chi connectivity index (χ1) is 12.1. The standard InChI is InChI=1S/C17H21ClN2O5/c1-23-17(22)14-3-2-6-20(14)16(21)11-9-13(18)15(19-10-11)25-12-4-7-24-8-5-12/h9-10,12,14H,2-8H2,1H3. The van der Waals surface area contributed by atoms with E-state index in [0.717, 1.165) is 19.3 Å². The molecule has 8 heteroatoms. The Morgan fingerprint density at radius 1 is 1.32 bits per heavy atom. The minimum atomic E-state index is -0.547. The van der Waals surface area contributed by atoms with Crippen LogP contribution in [0.1, 0.15) is 36.0 Å². The van der Waals surface area contributed by atoms with Gasteiger partial charge in [0, 0.05) is 25.6 Å². The van der Waals surface area contributed by atoms with E-state index in [1.54, 1.807) is 0 Å². The summed E-state index contributed by atoms with van der Waals surface area (Å²) in [7, 11) is 1.32. The molecule has 2 aliphatic heterocycles. The second-order valence-corrected chi connectivity index (χ2v) is 6.53. The zero-order chi connectivity index (χ0) is 17.8. The van der Waals surface area contributed by atoms with E-state index < -0.39 is 12.0 Å². The van der Waals surface area contributed by atoms with Gasteiger partial charge < -0.3 is 19.1 Å². The average Bonchev–Trinajstić information content (AvgIpc) is 3.12. The van der Waals surface area contributed by atoms with Gasteiger partial charge >= 0.3 is 5.97 Å². The summed E-state index contributed by atoms with van der Waals surface area (Å²) in [4.78, 5) is 30.2. The van der Waals surface area contributed by atoms with Crippen LogP contribution in [0.3, 0.4) is 0 Å². The van der Waals surface area contributed by atoms with Gasteiger partial charge in [0.1, 0.15) is 17.2 Å². The maximum atomic E-state index is 12.7. The van der Waals surface area contributed by atoms with Crippen molar-refractivity contribution in [3.63, 3.8) is 0 Å². The van der Waals surface area contributed by atoms with Crippen molar-refractivity contribution >= 4 is 23.5 Å². The number of hydrogen-bond donors (Lipinski definition) is 0. The number of halogens is 1. The highest BCUT2D eigenvalue weighted by Gasteiger charge is 2.35. The Hall–Kier alpha value is -1.86. The third kappa shape index (κ3) is 4.04. The largest absolute Gasteiger partial charge is 0.473 e. The van der Waals surface area contributed by atoms with Gasteiger partial charge in [-0.15, -0.1) is 0 Å². The van der Waals surface area contributed by atoms with Gasteiger partial charge in [-0.3, -0.25) is 4.79 Å². The first kappa shape index (κ1) is 17.9. The van der Waals surface area contributed by atoms with Crippen LogP contribution in [0.15, 0.2) is 12.3 Å². The zero-order valence-corrected chi connectivity index (χ0v) is 14.8. The molecule has 0 aliphatic carbocycles. The van der Waals surface area contributed by atoms with Gasteiger partial charge in [0.15, 0.2) is 0 Å². The molecule has 0 spiro atoms. The van der Waals surface area contributed by atoms with Crippen molar-refractivity contribution < 1.29 is 23.8 Å². The van der Waals surface area contributed by atoms with Crippen molar-refractivity contribution in [2.75, 3.05) is 26.9 Å². The van der Waals surface area contributed by atoms with Crippen LogP contribution >= 0.6 is 11.6 Å². The lowest BCUT2D eigenvalue weighted by molar-refractivity contribution is -0.145. The van der Waals surface area contributed by atoms with Gasteiger partial charge in [-0.1, -0.05) is 11.6 Å². The molecule has 0 radical (unpaired) electrons. The van der Waals surface area contributed by atoms with Gasteiger partial charge in [-0.2, -0.15) is 0 Å². The van der Waals surface area contributed by atoms with E-state index >= 15 is 0 Å². The van der Waals surface area contributed by atoms with Crippen LogP contribution in [0.2, 0.25) is 5.02 Å². The minimum absolute atomic E-state index is 0.0163. The molecule has 1 unspecified atom stereocenters. The maximum Gasteiger partial charge on any atom is 0.328 e. The molecule has 1 amide bonds. The molecular formula is C17H21ClN2O5. The molecule has 1 aromatic heterocycles. The van der Waals surface area contributed by atoms with Crippen LogP contribution < -0.4 is 4.74 Å². The SMILES string of the molecule is COC(=O)C1CCCN1C(=O)c1cnc(OC2CCOCC2)c(Cl)c1. The fraction of sp³-hybridized carbons (Fsp3) is 0.588. The Labute approximate surface area is 151 Å². The zero-order valence-electron chi connectivity index (χ0n) is 14.1. The van der Waals surface area contributed by atoms with Crippen LogP contribution in [0, 0.1) is 0 Å². The first-order valence-corrected chi connectivity index (χ1v) is 8.76. The van der Waals surface area contributed by atoms with E-state index in [-0.39, 0.29) is 17.0 Å². The monoisotopic (exact) mass is 368 g/mol. The first-order valence-electron chi connectivity index (χ1n) is 8.39. The third-order valence-electron chi connectivity index (χ3n) is 4.49. The smallest absolute Gasteiger partial charge is 0.328 e. The highest BCUT2D eigenvalue weighted by Crippen LogP contribution is 2.27. The molecule has 1 aromatic rings. The molecule has 0 N–H and O–H groups in total. The Kier molecular flexibility index (Phi) is 5.75. The van der Waals surface area contributed by atoms with Crippen LogP contribution in [-0.2, 0) is 14.3 Å². The summed E-state index contributed by atoms with van der Waals surface area (Å²) in [6.07, 6.45) is 4.39. The molecule has 0 saturated carbocycles. The number of carbonyl (C=O) groups excluding carboxylic acids is 2. The van der Waals surface area contributed by atoms with Crippen molar-refractivity contribution in [2.45, 2.75) is 37.8 Å². The normalized spacial score (nSPS) is 21.2. The lowest BCUT2D eigenvalue weighted by Gasteiger charge is -2.24. The molecule has 2 saturated heterocycles. The van der Waals surface area contributed by atoms with Crippen molar-refractivity contribution in [1.82, 2.24) is 9.88 Å². The number of ether oxygens (including phenoxy) is 3. The summed E-state index contributed by atoms with van der Waals surface area (Å²) in [5.74, 6) is -0.361. The number of likely N-dealkylation sites (tertiary alicyclic amines) is 1. The average molecular weight is 369 g/mol. The molecule has 0 bridgehead atoms. The van der Waals surface area contributed by atoms with E-state index in [1.807, 2.05) is 0 Å². The van der Waals surface area contributed by atoms with Crippen LogP contribution in [0.5, 0.6) is 5.88 Å². The second-order valence-electron chi connectivity index (χ2n) is 6.12. The van der Waals surface area contributed by atoms with Crippen molar-refractivity contribution in [2.24, 2.45) is 0 Å². The summed E-state index contributed by atoms with van der Waals surface area (Å²) in [6.45, 7) is 1.82. The maximum absolute atomic E-state index is 12.7. The van der Waals surface area contributed by atoms with Gasteiger partial charge in [-0.05, 0) is 18.9 Å². The Morgan fingerprint density at radius 3 is 2.76 bits per heavy atom. The number of aromatic nitrogens is 1. The summed E-state index contributed by atoms with van der Waals surface area (Å²) in [5, 5.41) is 0.283. The quantitative estimate of drug-likeness (QED) is 0.757. The highest BCUT2D eigenvalue weighted by atomic mass is 35.5. The van der Waals surface area contributed by atoms with Crippen LogP contribution in [0.4, 0.5) is 0 Å². The Balaban J connectivity index is 1.71. The molecule has 7 nitrogen and oxygen atoms in total. The molecule has 1 atom stereocenters. The van der Waals surface area contributed by atoms with Crippen molar-refractivity contribution in [3.05, 3.63) is 22.8 Å². The summed E-state index contributed by atoms with van der Waals surface area (Å²) in [5.41, 5.74) is 0.333. The van der Waals surface area contributed by atoms with Gasteiger partial charge in [0.25, 0.3) is 5.91 Å². The fourth-order valence-electron chi connectivity index (χ4n) is 3.14. The number of pyridine rings is 1. The topological polar surface area (TPSA) is 78.0 Å². The van der Waals surface area contributed by atoms with Crippen LogP contribution in [-0.4, -0.2) is 60.8 Å². The van der Waals surface area contributed by atoms with Crippen molar-refractivity contribution in [1.29, 1.82) is 0 Å². The number of carbonyl (C=O) groups is 2. The lowest BCUT2D eigenvalue weighted by Crippen LogP contribution is -2.41. The molecule has 25 heavy (non-hydrogen) atoms. The van der Waals surface area contributed by atoms with E-state index in [9.17, 15) is 9.59 Å². The number of rotatable bonds is 4. The molecule has 0 aromatic carbocycles. The predicted octanol–water partition coefficient (Wildman–Crippen LogP) is 2.07. The summed E-state index contributed by atoms with van der Waals surface area (Å²) in [6, 6.07) is 0.993. The highest BCUT2D eigenvalue weighted by molar-refractivity contribution is 6.32. The van der Waals surface area contributed by atoms with Gasteiger partial charge in [0.2, 0.25) is 5.88 Å². The van der Waals surface area contributed by atoms with Gasteiger partial charge in [-0.25, -0.2) is 9.78 Å². The Bertz CT molecular complexity index is 648. The third-order valence-corrected chi connectivity index (χ3v) is 4.76. The fourth-order valence-corrected chi connectivity index (χ4v) is 3.35. The molecular weight excluding hydrogens is 348 g/mol. The number of methoxy groups -OCH3 is 1. The second kappa shape index (κ2) is 8.01. The summed E-state index contributed by atoms with van der Waals surface area (Å²) >= 11 is 6.24. The molecule has 136 valence electrons. The minimum Gasteiger partial charge on any atom is -0.473 e. The lowest BCUT2D eigenvalue weighted by atomic mass is 10.1. The van der Waals surface area contributed by atoms with Crippen LogP contribution in [0.25, 0.3) is 0 Å². The number of nitrogens with zero attached hydrogens (tertiary/aromatic N) is 2. The van der Waals surface area contributed by atoms with E-state index in [4.69, 9.17) is 25.8 Å². The molecule has 2 fully saturated rings. The predicted molar refractivity (Wildman–Crippen MR) is 89.8 cm³/mol. The van der Waals surface area contributed by atoms with Gasteiger partial charge in [0.05, 0.1) is 25.9 Å². The Morgan fingerprint density at radius 2 is 2.08 bits per heavy atom. The van der Waals surface area contributed by atoms with E-state index in [0.29, 0.717) is 37.6 Å². The van der Waals surface area contributed by atoms with E-state index in [2.05, 4.69) is 4.98 Å². The van der Waals surface area contributed by atoms with Crippen molar-refractivity contribution in [3.8, 4) is 5.88 Å². The number of amides is 1.